The molecule has 0 unspecified atom stereocenters. The third kappa shape index (κ3) is 2.40. The molecule has 1 aliphatic rings. The second kappa shape index (κ2) is 5.26. The highest BCUT2D eigenvalue weighted by atomic mass is 35.5. The molecule has 1 aromatic heterocycles. The van der Waals surface area contributed by atoms with Crippen LogP contribution >= 0.6 is 11.6 Å². The van der Waals surface area contributed by atoms with Crippen molar-refractivity contribution in [3.05, 3.63) is 47.1 Å². The van der Waals surface area contributed by atoms with Gasteiger partial charge in [0.1, 0.15) is 5.82 Å². The van der Waals surface area contributed by atoms with Gasteiger partial charge in [0.15, 0.2) is 5.69 Å². The van der Waals surface area contributed by atoms with Gasteiger partial charge in [0.05, 0.1) is 16.4 Å². The fourth-order valence-corrected chi connectivity index (χ4v) is 2.66. The molecule has 108 valence electrons. The smallest absolute Gasteiger partial charge is 0.356 e. The molecular weight excluding hydrogens is 290 g/mol. The van der Waals surface area contributed by atoms with Crippen LogP contribution in [-0.2, 0) is 0 Å². The fourth-order valence-electron chi connectivity index (χ4n) is 2.48. The third-order valence-electron chi connectivity index (χ3n) is 3.55. The van der Waals surface area contributed by atoms with Crippen LogP contribution in [0.25, 0.3) is 0 Å². The molecule has 0 spiro atoms. The minimum atomic E-state index is -1.12. The lowest BCUT2D eigenvalue weighted by Gasteiger charge is -2.36. The number of likely N-dealkylation sites (N-methyl/N-ethyl adjacent to an activating group) is 1. The molecule has 0 bridgehead atoms. The molecule has 0 fully saturated rings. The third-order valence-corrected chi connectivity index (χ3v) is 3.86. The van der Waals surface area contributed by atoms with Gasteiger partial charge in [0.25, 0.3) is 0 Å². The Morgan fingerprint density at radius 1 is 1.19 bits per heavy atom. The summed E-state index contributed by atoms with van der Waals surface area (Å²) >= 11 is 5.88. The van der Waals surface area contributed by atoms with Crippen LogP contribution in [0.2, 0.25) is 5.02 Å². The zero-order valence-electron chi connectivity index (χ0n) is 11.5. The Bertz CT molecular complexity index is 705. The molecule has 0 radical (unpaired) electrons. The summed E-state index contributed by atoms with van der Waals surface area (Å²) in [6, 6.07) is 11.3. The van der Waals surface area contributed by atoms with Gasteiger partial charge in [-0.25, -0.2) is 9.78 Å². The summed E-state index contributed by atoms with van der Waals surface area (Å²) in [6.45, 7) is 1.57. The molecule has 21 heavy (non-hydrogen) atoms. The summed E-state index contributed by atoms with van der Waals surface area (Å²) in [6.07, 6.45) is 0. The molecule has 6 heteroatoms. The Kier molecular flexibility index (Phi) is 3.43. The number of nitrogens with zero attached hydrogens (tertiary/aromatic N) is 3. The minimum absolute atomic E-state index is 0.120. The van der Waals surface area contributed by atoms with Crippen molar-refractivity contribution in [1.29, 1.82) is 0 Å². The zero-order valence-corrected chi connectivity index (χ0v) is 12.2. The zero-order chi connectivity index (χ0) is 15.0. The number of rotatable bonds is 2. The summed E-state index contributed by atoms with van der Waals surface area (Å²) < 4.78 is 0. The Hall–Kier alpha value is -2.27. The number of carbonyl (C=O) groups is 1. The van der Waals surface area contributed by atoms with Gasteiger partial charge in [-0.15, -0.1) is 0 Å². The summed E-state index contributed by atoms with van der Waals surface area (Å²) in [4.78, 5) is 19.6. The molecule has 0 saturated heterocycles. The van der Waals surface area contributed by atoms with E-state index < -0.39 is 5.97 Å². The lowest BCUT2D eigenvalue weighted by Crippen LogP contribution is -2.36. The number of aromatic nitrogens is 1. The standard InChI is InChI=1S/C15H14ClN3O2/c1-18-8-9-19(12-5-3-2-4-11(12)18)13-7-6-10(16)14(17-13)15(20)21/h2-7H,8-9H2,1H3,(H,20,21). The number of hydrogen-bond donors (Lipinski definition) is 1. The van der Waals surface area contributed by atoms with Gasteiger partial charge in [0, 0.05) is 20.1 Å². The topological polar surface area (TPSA) is 56.7 Å². The van der Waals surface area contributed by atoms with E-state index in [1.54, 1.807) is 12.1 Å². The van der Waals surface area contributed by atoms with E-state index in [1.807, 2.05) is 36.2 Å². The highest BCUT2D eigenvalue weighted by Gasteiger charge is 2.23. The number of aromatic carboxylic acids is 1. The first-order valence-corrected chi connectivity index (χ1v) is 6.93. The highest BCUT2D eigenvalue weighted by Crippen LogP contribution is 2.36. The molecule has 2 aromatic rings. The SMILES string of the molecule is CN1CCN(c2ccc(Cl)c(C(=O)O)n2)c2ccccc21. The van der Waals surface area contributed by atoms with Crippen molar-refractivity contribution >= 4 is 34.8 Å². The summed E-state index contributed by atoms with van der Waals surface area (Å²) in [5.74, 6) is -0.526. The minimum Gasteiger partial charge on any atom is -0.476 e. The van der Waals surface area contributed by atoms with Gasteiger partial charge in [0.2, 0.25) is 0 Å². The molecule has 1 aliphatic heterocycles. The monoisotopic (exact) mass is 303 g/mol. The molecule has 2 heterocycles. The molecular formula is C15H14ClN3O2. The van der Waals surface area contributed by atoms with Crippen LogP contribution < -0.4 is 9.80 Å². The maximum absolute atomic E-state index is 11.2. The van der Waals surface area contributed by atoms with E-state index in [-0.39, 0.29) is 10.7 Å². The largest absolute Gasteiger partial charge is 0.476 e. The summed E-state index contributed by atoms with van der Waals surface area (Å²) in [5, 5.41) is 9.30. The van der Waals surface area contributed by atoms with Crippen molar-refractivity contribution < 1.29 is 9.90 Å². The van der Waals surface area contributed by atoms with Crippen molar-refractivity contribution in [2.75, 3.05) is 29.9 Å². The predicted octanol–water partition coefficient (Wildman–Crippen LogP) is 3.02. The first kappa shape index (κ1) is 13.7. The van der Waals surface area contributed by atoms with Crippen LogP contribution in [0.15, 0.2) is 36.4 Å². The van der Waals surface area contributed by atoms with Crippen molar-refractivity contribution in [3.63, 3.8) is 0 Å². The molecule has 0 aliphatic carbocycles. The number of halogens is 1. The molecule has 0 saturated carbocycles. The molecule has 5 nitrogen and oxygen atoms in total. The lowest BCUT2D eigenvalue weighted by molar-refractivity contribution is 0.0691. The Balaban J connectivity index is 2.08. The van der Waals surface area contributed by atoms with Crippen LogP contribution in [-0.4, -0.2) is 36.2 Å². The van der Waals surface area contributed by atoms with Gasteiger partial charge in [-0.05, 0) is 24.3 Å². The van der Waals surface area contributed by atoms with E-state index in [1.165, 1.54) is 0 Å². The molecule has 3 rings (SSSR count). The van der Waals surface area contributed by atoms with E-state index in [2.05, 4.69) is 9.88 Å². The van der Waals surface area contributed by atoms with Crippen LogP contribution in [0.3, 0.4) is 0 Å². The number of para-hydroxylation sites is 2. The predicted molar refractivity (Wildman–Crippen MR) is 82.9 cm³/mol. The summed E-state index contributed by atoms with van der Waals surface area (Å²) in [7, 11) is 2.04. The second-order valence-electron chi connectivity index (χ2n) is 4.87. The Labute approximate surface area is 127 Å². The van der Waals surface area contributed by atoms with Gasteiger partial charge in [-0.3, -0.25) is 0 Å². The maximum atomic E-state index is 11.2. The van der Waals surface area contributed by atoms with E-state index in [0.717, 1.165) is 24.5 Å². The maximum Gasteiger partial charge on any atom is 0.356 e. The number of carboxylic acids is 1. The normalized spacial score (nSPS) is 14.0. The number of hydrogen-bond acceptors (Lipinski definition) is 4. The quantitative estimate of drug-likeness (QED) is 0.924. The van der Waals surface area contributed by atoms with Crippen molar-refractivity contribution in [3.8, 4) is 0 Å². The fraction of sp³-hybridized carbons (Fsp3) is 0.200. The molecule has 0 amide bonds. The van der Waals surface area contributed by atoms with E-state index >= 15 is 0 Å². The number of fused-ring (bicyclic) bond motifs is 1. The van der Waals surface area contributed by atoms with Crippen molar-refractivity contribution in [1.82, 2.24) is 4.98 Å². The van der Waals surface area contributed by atoms with Gasteiger partial charge in [-0.1, -0.05) is 23.7 Å². The van der Waals surface area contributed by atoms with Gasteiger partial charge < -0.3 is 14.9 Å². The van der Waals surface area contributed by atoms with Crippen LogP contribution in [0.1, 0.15) is 10.5 Å². The number of anilines is 3. The van der Waals surface area contributed by atoms with Crippen LogP contribution in [0.5, 0.6) is 0 Å². The highest BCUT2D eigenvalue weighted by molar-refractivity contribution is 6.33. The van der Waals surface area contributed by atoms with Gasteiger partial charge in [-0.2, -0.15) is 0 Å². The Morgan fingerprint density at radius 3 is 2.62 bits per heavy atom. The molecule has 1 aromatic carbocycles. The first-order valence-electron chi connectivity index (χ1n) is 6.55. The van der Waals surface area contributed by atoms with E-state index in [4.69, 9.17) is 16.7 Å². The molecule has 1 N–H and O–H groups in total. The summed E-state index contributed by atoms with van der Waals surface area (Å²) in [5.41, 5.74) is 1.99. The van der Waals surface area contributed by atoms with E-state index in [0.29, 0.717) is 5.82 Å². The average molecular weight is 304 g/mol. The van der Waals surface area contributed by atoms with E-state index in [9.17, 15) is 4.79 Å². The lowest BCUT2D eigenvalue weighted by atomic mass is 10.1. The number of benzene rings is 1. The Morgan fingerprint density at radius 2 is 1.90 bits per heavy atom. The van der Waals surface area contributed by atoms with Crippen LogP contribution in [0.4, 0.5) is 17.2 Å². The second-order valence-corrected chi connectivity index (χ2v) is 5.27. The van der Waals surface area contributed by atoms with Crippen molar-refractivity contribution in [2.24, 2.45) is 0 Å². The first-order chi connectivity index (χ1) is 10.1. The van der Waals surface area contributed by atoms with Crippen LogP contribution in [0, 0.1) is 0 Å². The van der Waals surface area contributed by atoms with Crippen molar-refractivity contribution in [2.45, 2.75) is 0 Å². The number of pyridine rings is 1. The molecule has 0 atom stereocenters. The number of carboxylic acid groups (broad SMARTS) is 1. The average Bonchev–Trinajstić information content (AvgIpc) is 2.48. The van der Waals surface area contributed by atoms with Gasteiger partial charge >= 0.3 is 5.97 Å².